The molecule has 0 spiro atoms. The largest absolute Gasteiger partial charge is 0.392 e. The average Bonchev–Trinajstić information content (AvgIpc) is 3.55. The van der Waals surface area contributed by atoms with Gasteiger partial charge in [0.2, 0.25) is 0 Å². The smallest absolute Gasteiger partial charge is 0.157 e. The normalized spacial score (nSPS) is 14.8. The van der Waals surface area contributed by atoms with Gasteiger partial charge in [0.1, 0.15) is 5.54 Å². The molecule has 1 atom stereocenters. The van der Waals surface area contributed by atoms with Gasteiger partial charge in [-0.3, -0.25) is 0 Å². The van der Waals surface area contributed by atoms with Gasteiger partial charge in [0.05, 0.1) is 6.61 Å². The van der Waals surface area contributed by atoms with E-state index in [9.17, 15) is 5.11 Å². The van der Waals surface area contributed by atoms with Crippen molar-refractivity contribution in [1.29, 1.82) is 0 Å². The molecule has 6 aromatic rings. The number of aliphatic hydroxyl groups excluding tert-OH is 1. The van der Waals surface area contributed by atoms with Crippen LogP contribution < -0.4 is 0 Å². The molecule has 5 nitrogen and oxygen atoms in total. The summed E-state index contributed by atoms with van der Waals surface area (Å²) >= 11 is 0. The second-order valence-corrected chi connectivity index (χ2v) is 11.0. The third kappa shape index (κ3) is 4.78. The summed E-state index contributed by atoms with van der Waals surface area (Å²) in [7, 11) is 0. The van der Waals surface area contributed by atoms with Crippen LogP contribution in [0.5, 0.6) is 0 Å². The first-order valence-corrected chi connectivity index (χ1v) is 14.7. The lowest BCUT2D eigenvalue weighted by Crippen LogP contribution is -2.45. The van der Waals surface area contributed by atoms with Crippen LogP contribution in [0, 0.1) is 5.92 Å². The number of aliphatic hydroxyl groups is 1. The summed E-state index contributed by atoms with van der Waals surface area (Å²) in [4.78, 5) is 0. The van der Waals surface area contributed by atoms with Crippen molar-refractivity contribution in [3.05, 3.63) is 174 Å². The van der Waals surface area contributed by atoms with Gasteiger partial charge in [0, 0.05) is 12.3 Å². The summed E-state index contributed by atoms with van der Waals surface area (Å²) in [6, 6.07) is 42.3. The second kappa shape index (κ2) is 11.6. The van der Waals surface area contributed by atoms with E-state index in [-0.39, 0.29) is 12.5 Å². The van der Waals surface area contributed by atoms with Crippen molar-refractivity contribution in [3.8, 4) is 11.1 Å². The van der Waals surface area contributed by atoms with E-state index in [0.717, 1.165) is 45.6 Å². The Balaban J connectivity index is 1.44. The van der Waals surface area contributed by atoms with Crippen LogP contribution in [0.4, 0.5) is 0 Å². The quantitative estimate of drug-likeness (QED) is 0.209. The van der Waals surface area contributed by atoms with Crippen molar-refractivity contribution in [2.45, 2.75) is 25.0 Å². The van der Waals surface area contributed by atoms with Gasteiger partial charge in [-0.05, 0) is 61.0 Å². The minimum atomic E-state index is -0.664. The van der Waals surface area contributed by atoms with Gasteiger partial charge in [-0.25, -0.2) is 4.68 Å². The molecule has 5 aromatic carbocycles. The summed E-state index contributed by atoms with van der Waals surface area (Å²) in [6.07, 6.45) is 10.2. The van der Waals surface area contributed by atoms with Crippen LogP contribution >= 0.6 is 0 Å². The minimum Gasteiger partial charge on any atom is -0.392 e. The Morgan fingerprint density at radius 3 is 2.12 bits per heavy atom. The Kier molecular flexibility index (Phi) is 7.23. The molecular weight excluding hydrogens is 528 g/mol. The number of nitrogens with zero attached hydrogens (tertiary/aromatic N) is 4. The van der Waals surface area contributed by atoms with Crippen molar-refractivity contribution in [3.63, 3.8) is 0 Å². The molecule has 1 unspecified atom stereocenters. The molecule has 1 heterocycles. The fourth-order valence-electron chi connectivity index (χ4n) is 6.61. The maximum absolute atomic E-state index is 9.66. The van der Waals surface area contributed by atoms with Crippen LogP contribution in [-0.4, -0.2) is 25.3 Å². The molecule has 0 saturated heterocycles. The molecule has 0 amide bonds. The van der Waals surface area contributed by atoms with Crippen LogP contribution in [-0.2, 0) is 18.6 Å². The van der Waals surface area contributed by atoms with Gasteiger partial charge in [0.15, 0.2) is 5.82 Å². The average molecular weight is 561 g/mol. The molecule has 0 bridgehead atoms. The molecule has 210 valence electrons. The van der Waals surface area contributed by atoms with Crippen molar-refractivity contribution in [2.75, 3.05) is 0 Å². The number of fused-ring (bicyclic) bond motifs is 1. The number of rotatable bonds is 8. The summed E-state index contributed by atoms with van der Waals surface area (Å²) in [6.45, 7) is 0.0172. The molecule has 1 aliphatic carbocycles. The molecule has 1 aliphatic rings. The summed E-state index contributed by atoms with van der Waals surface area (Å²) in [5.74, 6) is 0.880. The number of tetrazole rings is 1. The standard InChI is InChI=1S/C38H32N4O/c43-27-28-20-22-30(23-21-28)37-31(25-24-29-12-10-11-19-35(29)37)26-36-39-40-41-42(36)38(32-13-4-1-5-14-32,33-15-6-2-7-16-33)34-17-8-3-9-18-34/h1-17,19-25,34,43H,18,26-27H2. The Morgan fingerprint density at radius 1 is 0.744 bits per heavy atom. The minimum absolute atomic E-state index is 0.0172. The molecule has 1 aromatic heterocycles. The Bertz CT molecular complexity index is 1870. The van der Waals surface area contributed by atoms with Gasteiger partial charge in [0.25, 0.3) is 0 Å². The zero-order chi connectivity index (χ0) is 29.1. The number of aromatic nitrogens is 4. The molecular formula is C38H32N4O. The number of benzene rings is 5. The number of allylic oxidation sites excluding steroid dienone is 4. The fourth-order valence-corrected chi connectivity index (χ4v) is 6.61. The first kappa shape index (κ1) is 26.7. The van der Waals surface area contributed by atoms with Gasteiger partial charge < -0.3 is 5.11 Å². The lowest BCUT2D eigenvalue weighted by molar-refractivity contribution is 0.280. The van der Waals surface area contributed by atoms with Gasteiger partial charge in [-0.2, -0.15) is 0 Å². The van der Waals surface area contributed by atoms with Crippen LogP contribution in [0.2, 0.25) is 0 Å². The zero-order valence-corrected chi connectivity index (χ0v) is 23.8. The maximum atomic E-state index is 9.66. The van der Waals surface area contributed by atoms with E-state index < -0.39 is 5.54 Å². The van der Waals surface area contributed by atoms with Crippen LogP contribution in [0.3, 0.4) is 0 Å². The first-order chi connectivity index (χ1) is 21.3. The predicted molar refractivity (Wildman–Crippen MR) is 171 cm³/mol. The van der Waals surface area contributed by atoms with E-state index in [2.05, 4.69) is 143 Å². The van der Waals surface area contributed by atoms with E-state index in [1.807, 2.05) is 12.1 Å². The van der Waals surface area contributed by atoms with E-state index in [4.69, 9.17) is 10.3 Å². The molecule has 0 radical (unpaired) electrons. The van der Waals surface area contributed by atoms with E-state index >= 15 is 0 Å². The maximum Gasteiger partial charge on any atom is 0.157 e. The highest BCUT2D eigenvalue weighted by atomic mass is 16.3. The molecule has 43 heavy (non-hydrogen) atoms. The molecule has 5 heteroatoms. The zero-order valence-electron chi connectivity index (χ0n) is 23.8. The summed E-state index contributed by atoms with van der Waals surface area (Å²) in [5, 5.41) is 25.8. The van der Waals surface area contributed by atoms with Crippen molar-refractivity contribution in [1.82, 2.24) is 20.2 Å². The highest BCUT2D eigenvalue weighted by Crippen LogP contribution is 2.45. The third-order valence-corrected chi connectivity index (χ3v) is 8.60. The van der Waals surface area contributed by atoms with Gasteiger partial charge >= 0.3 is 0 Å². The lowest BCUT2D eigenvalue weighted by atomic mass is 9.70. The summed E-state index contributed by atoms with van der Waals surface area (Å²) in [5.41, 5.74) is 5.89. The fraction of sp³-hybridized carbons (Fsp3) is 0.132. The van der Waals surface area contributed by atoms with E-state index in [0.29, 0.717) is 6.42 Å². The SMILES string of the molecule is OCc1ccc(-c2c(Cc3nnnn3C(c3ccccc3)(c3ccccc3)C3C=CC=CC3)ccc3ccccc23)cc1. The predicted octanol–water partition coefficient (Wildman–Crippen LogP) is 7.50. The van der Waals surface area contributed by atoms with Crippen molar-refractivity contribution < 1.29 is 5.11 Å². The lowest BCUT2D eigenvalue weighted by Gasteiger charge is -2.41. The Morgan fingerprint density at radius 2 is 1.44 bits per heavy atom. The van der Waals surface area contributed by atoms with Crippen molar-refractivity contribution >= 4 is 10.8 Å². The first-order valence-electron chi connectivity index (χ1n) is 14.7. The van der Waals surface area contributed by atoms with Gasteiger partial charge in [-0.1, -0.05) is 146 Å². The molecule has 1 N–H and O–H groups in total. The van der Waals surface area contributed by atoms with Crippen LogP contribution in [0.1, 0.15) is 34.5 Å². The monoisotopic (exact) mass is 560 g/mol. The number of hydrogen-bond donors (Lipinski definition) is 1. The van der Waals surface area contributed by atoms with Crippen LogP contribution in [0.25, 0.3) is 21.9 Å². The van der Waals surface area contributed by atoms with Gasteiger partial charge in [-0.15, -0.1) is 5.10 Å². The second-order valence-electron chi connectivity index (χ2n) is 11.0. The summed E-state index contributed by atoms with van der Waals surface area (Å²) < 4.78 is 2.07. The molecule has 0 saturated carbocycles. The Hall–Kier alpha value is -5.13. The topological polar surface area (TPSA) is 63.8 Å². The molecule has 7 rings (SSSR count). The highest BCUT2D eigenvalue weighted by molar-refractivity contribution is 5.98. The molecule has 0 fully saturated rings. The van der Waals surface area contributed by atoms with Crippen molar-refractivity contribution in [2.24, 2.45) is 5.92 Å². The Labute approximate surface area is 251 Å². The molecule has 0 aliphatic heterocycles. The van der Waals surface area contributed by atoms with E-state index in [1.165, 1.54) is 10.8 Å². The third-order valence-electron chi connectivity index (χ3n) is 8.60. The highest BCUT2D eigenvalue weighted by Gasteiger charge is 2.45. The number of hydrogen-bond acceptors (Lipinski definition) is 4. The van der Waals surface area contributed by atoms with E-state index in [1.54, 1.807) is 0 Å². The van der Waals surface area contributed by atoms with Crippen LogP contribution in [0.15, 0.2) is 146 Å².